The average molecular weight is 290 g/mol. The van der Waals surface area contributed by atoms with Crippen molar-refractivity contribution in [1.29, 1.82) is 5.26 Å². The molecule has 0 unspecified atom stereocenters. The van der Waals surface area contributed by atoms with Crippen LogP contribution in [0.2, 0.25) is 0 Å². The smallest absolute Gasteiger partial charge is 0.213 e. The van der Waals surface area contributed by atoms with Crippen LogP contribution in [0.3, 0.4) is 0 Å². The second-order valence-corrected chi connectivity index (χ2v) is 5.61. The molecule has 1 fully saturated rings. The molecular formula is C13H18N6S. The number of rotatable bonds is 3. The first-order valence-electron chi connectivity index (χ1n) is 6.75. The lowest BCUT2D eigenvalue weighted by atomic mass is 10.4. The lowest BCUT2D eigenvalue weighted by molar-refractivity contribution is 0.775. The van der Waals surface area contributed by atoms with Gasteiger partial charge in [0.25, 0.3) is 0 Å². The third kappa shape index (κ3) is 3.21. The molecule has 2 aromatic rings. The van der Waals surface area contributed by atoms with Crippen LogP contribution >= 0.6 is 11.3 Å². The highest BCUT2D eigenvalue weighted by molar-refractivity contribution is 7.14. The second-order valence-electron chi connectivity index (χ2n) is 4.60. The lowest BCUT2D eigenvalue weighted by Gasteiger charge is -1.97. The van der Waals surface area contributed by atoms with Gasteiger partial charge in [-0.15, -0.1) is 5.10 Å². The van der Waals surface area contributed by atoms with Crippen LogP contribution < -0.4 is 5.73 Å². The second kappa shape index (κ2) is 6.59. The topological polar surface area (TPSA) is 93.4 Å². The fourth-order valence-corrected chi connectivity index (χ4v) is 2.26. The summed E-state index contributed by atoms with van der Waals surface area (Å²) in [7, 11) is 0. The Labute approximate surface area is 122 Å². The maximum atomic E-state index is 8.78. The van der Waals surface area contributed by atoms with E-state index >= 15 is 0 Å². The van der Waals surface area contributed by atoms with Crippen molar-refractivity contribution in [2.75, 3.05) is 0 Å². The van der Waals surface area contributed by atoms with E-state index in [0.717, 1.165) is 18.7 Å². The molecule has 6 nitrogen and oxygen atoms in total. The van der Waals surface area contributed by atoms with Crippen LogP contribution in [0.5, 0.6) is 0 Å². The minimum Gasteiger partial charge on any atom is -0.324 e. The van der Waals surface area contributed by atoms with E-state index in [2.05, 4.69) is 35.0 Å². The van der Waals surface area contributed by atoms with E-state index in [4.69, 9.17) is 11.0 Å². The molecule has 1 aliphatic carbocycles. The molecule has 2 aromatic heterocycles. The number of nitrogens with two attached hydrogens (primary N) is 1. The Morgan fingerprint density at radius 1 is 1.50 bits per heavy atom. The molecule has 0 saturated heterocycles. The molecule has 0 aromatic carbocycles. The van der Waals surface area contributed by atoms with Crippen molar-refractivity contribution < 1.29 is 0 Å². The summed E-state index contributed by atoms with van der Waals surface area (Å²) in [4.78, 5) is 9.13. The first-order valence-corrected chi connectivity index (χ1v) is 7.57. The van der Waals surface area contributed by atoms with Crippen molar-refractivity contribution >= 4 is 11.3 Å². The van der Waals surface area contributed by atoms with E-state index in [1.165, 1.54) is 17.8 Å². The predicted molar refractivity (Wildman–Crippen MR) is 77.6 cm³/mol. The van der Waals surface area contributed by atoms with Gasteiger partial charge in [-0.2, -0.15) is 9.94 Å². The number of hydrogen-bond donors (Lipinski definition) is 1. The van der Waals surface area contributed by atoms with Crippen molar-refractivity contribution in [1.82, 2.24) is 19.7 Å². The number of aromatic nitrogens is 4. The average Bonchev–Trinajstić information content (AvgIpc) is 3.05. The molecule has 7 heteroatoms. The number of thiazole rings is 1. The molecule has 0 spiro atoms. The standard InChI is InChI=1S/C10H10N6S.C3H8/c11-3-7-5-13-10(17-7)16-8(4-12)14-9(15-16)6-1-2-6;1-3-2/h5-6H,1-2,4,12H2;3H2,1-2H3. The summed E-state index contributed by atoms with van der Waals surface area (Å²) >= 11 is 1.29. The molecule has 3 rings (SSSR count). The minimum atomic E-state index is 0.321. The van der Waals surface area contributed by atoms with Gasteiger partial charge < -0.3 is 5.73 Å². The van der Waals surface area contributed by atoms with Gasteiger partial charge in [-0.25, -0.2) is 9.97 Å². The third-order valence-electron chi connectivity index (χ3n) is 2.60. The van der Waals surface area contributed by atoms with Crippen molar-refractivity contribution in [3.8, 4) is 11.2 Å². The number of hydrogen-bond acceptors (Lipinski definition) is 6. The molecule has 1 saturated carbocycles. The Hall–Kier alpha value is -1.78. The largest absolute Gasteiger partial charge is 0.324 e. The van der Waals surface area contributed by atoms with Crippen LogP contribution in [0.25, 0.3) is 5.13 Å². The molecule has 1 aliphatic rings. The maximum Gasteiger partial charge on any atom is 0.213 e. The predicted octanol–water partition coefficient (Wildman–Crippen LogP) is 2.35. The van der Waals surface area contributed by atoms with Gasteiger partial charge in [0.05, 0.1) is 12.7 Å². The Bertz CT molecular complexity index is 605. The Kier molecular flexibility index (Phi) is 4.82. The van der Waals surface area contributed by atoms with E-state index < -0.39 is 0 Å². The summed E-state index contributed by atoms with van der Waals surface area (Å²) in [5.41, 5.74) is 5.65. The van der Waals surface area contributed by atoms with Crippen LogP contribution in [0.4, 0.5) is 0 Å². The summed E-state index contributed by atoms with van der Waals surface area (Å²) in [6, 6.07) is 2.06. The van der Waals surface area contributed by atoms with E-state index in [0.29, 0.717) is 28.3 Å². The van der Waals surface area contributed by atoms with Gasteiger partial charge in [-0.05, 0) is 12.8 Å². The van der Waals surface area contributed by atoms with Crippen molar-refractivity contribution in [3.63, 3.8) is 0 Å². The highest BCUT2D eigenvalue weighted by atomic mass is 32.1. The van der Waals surface area contributed by atoms with Crippen LogP contribution in [0.1, 0.15) is 55.6 Å². The van der Waals surface area contributed by atoms with E-state index in [1.54, 1.807) is 10.9 Å². The summed E-state index contributed by atoms with van der Waals surface area (Å²) in [6.45, 7) is 4.57. The van der Waals surface area contributed by atoms with Crippen molar-refractivity contribution in [2.24, 2.45) is 5.73 Å². The maximum absolute atomic E-state index is 8.78. The van der Waals surface area contributed by atoms with Crippen LogP contribution in [0.15, 0.2) is 6.20 Å². The fourth-order valence-electron chi connectivity index (χ4n) is 1.58. The Morgan fingerprint density at radius 2 is 2.20 bits per heavy atom. The number of nitrogens with zero attached hydrogens (tertiary/aromatic N) is 5. The summed E-state index contributed by atoms with van der Waals surface area (Å²) < 4.78 is 1.65. The molecule has 20 heavy (non-hydrogen) atoms. The molecule has 0 amide bonds. The van der Waals surface area contributed by atoms with Gasteiger partial charge in [0.1, 0.15) is 16.8 Å². The van der Waals surface area contributed by atoms with E-state index in [-0.39, 0.29) is 0 Å². The molecule has 0 atom stereocenters. The van der Waals surface area contributed by atoms with Gasteiger partial charge >= 0.3 is 0 Å². The molecule has 106 valence electrons. The summed E-state index contributed by atoms with van der Waals surface area (Å²) in [6.07, 6.45) is 5.09. The Balaban J connectivity index is 0.000000452. The minimum absolute atomic E-state index is 0.321. The van der Waals surface area contributed by atoms with Gasteiger partial charge in [-0.1, -0.05) is 31.6 Å². The first-order chi connectivity index (χ1) is 9.73. The molecule has 0 radical (unpaired) electrons. The van der Waals surface area contributed by atoms with Crippen LogP contribution in [-0.2, 0) is 6.54 Å². The SMILES string of the molecule is CCC.N#Cc1cnc(-n2nc(C3CC3)nc2CN)s1. The van der Waals surface area contributed by atoms with Crippen LogP contribution in [-0.4, -0.2) is 19.7 Å². The van der Waals surface area contributed by atoms with Gasteiger partial charge in [0.2, 0.25) is 5.13 Å². The fraction of sp³-hybridized carbons (Fsp3) is 0.538. The third-order valence-corrected chi connectivity index (χ3v) is 3.48. The molecule has 2 N–H and O–H groups in total. The lowest BCUT2D eigenvalue weighted by Crippen LogP contribution is -2.07. The molecule has 0 bridgehead atoms. The zero-order valence-corrected chi connectivity index (χ0v) is 12.5. The number of nitriles is 1. The van der Waals surface area contributed by atoms with Crippen LogP contribution in [0, 0.1) is 11.3 Å². The molecular weight excluding hydrogens is 272 g/mol. The van der Waals surface area contributed by atoms with Gasteiger partial charge in [0.15, 0.2) is 5.82 Å². The Morgan fingerprint density at radius 3 is 2.70 bits per heavy atom. The monoisotopic (exact) mass is 290 g/mol. The highest BCUT2D eigenvalue weighted by Crippen LogP contribution is 2.38. The quantitative estimate of drug-likeness (QED) is 0.936. The first kappa shape index (κ1) is 14.6. The molecule has 0 aliphatic heterocycles. The van der Waals surface area contributed by atoms with Gasteiger partial charge in [-0.3, -0.25) is 0 Å². The zero-order valence-electron chi connectivity index (χ0n) is 11.7. The summed E-state index contributed by atoms with van der Waals surface area (Å²) in [5, 5.41) is 13.9. The van der Waals surface area contributed by atoms with Gasteiger partial charge in [0, 0.05) is 5.92 Å². The molecule has 2 heterocycles. The normalized spacial score (nSPS) is 13.5. The van der Waals surface area contributed by atoms with E-state index in [1.807, 2.05) is 0 Å². The highest BCUT2D eigenvalue weighted by Gasteiger charge is 2.29. The van der Waals surface area contributed by atoms with Crippen molar-refractivity contribution in [3.05, 3.63) is 22.7 Å². The zero-order chi connectivity index (χ0) is 14.5. The van der Waals surface area contributed by atoms with Crippen molar-refractivity contribution in [2.45, 2.75) is 45.6 Å². The van der Waals surface area contributed by atoms with E-state index in [9.17, 15) is 0 Å². The summed E-state index contributed by atoms with van der Waals surface area (Å²) in [5.74, 6) is 2.03.